The van der Waals surface area contributed by atoms with E-state index in [-0.39, 0.29) is 23.1 Å². The van der Waals surface area contributed by atoms with Crippen molar-refractivity contribution < 1.29 is 27.4 Å². The Hall–Kier alpha value is -2.41. The first-order valence-electron chi connectivity index (χ1n) is 6.42. The minimum Gasteiger partial charge on any atom is -0.454 e. The van der Waals surface area contributed by atoms with Crippen LogP contribution < -0.4 is 14.8 Å². The number of ether oxygens (including phenoxy) is 2. The number of hydrogen-bond acceptors (Lipinski definition) is 3. The fourth-order valence-corrected chi connectivity index (χ4v) is 2.26. The molecular formula is C15H9ClF3NO3. The first-order chi connectivity index (χ1) is 10.8. The van der Waals surface area contributed by atoms with E-state index in [2.05, 4.69) is 5.32 Å². The van der Waals surface area contributed by atoms with Crippen molar-refractivity contribution in [2.75, 3.05) is 12.1 Å². The SMILES string of the molecule is O=C(Nc1ccc(Cl)cc1C(F)(F)F)c1ccc2c(c1)OCO2. The summed E-state index contributed by atoms with van der Waals surface area (Å²) in [5.74, 6) is 0.143. The monoisotopic (exact) mass is 343 g/mol. The molecule has 2 aromatic rings. The highest BCUT2D eigenvalue weighted by molar-refractivity contribution is 6.30. The highest BCUT2D eigenvalue weighted by Gasteiger charge is 2.34. The van der Waals surface area contributed by atoms with E-state index in [0.29, 0.717) is 11.5 Å². The number of amides is 1. The molecule has 0 aromatic heterocycles. The summed E-state index contributed by atoms with van der Waals surface area (Å²) in [6.07, 6.45) is -4.64. The number of anilines is 1. The van der Waals surface area contributed by atoms with Crippen LogP contribution in [0.3, 0.4) is 0 Å². The van der Waals surface area contributed by atoms with Crippen LogP contribution in [0.15, 0.2) is 36.4 Å². The van der Waals surface area contributed by atoms with Crippen molar-refractivity contribution in [1.29, 1.82) is 0 Å². The van der Waals surface area contributed by atoms with Gasteiger partial charge in [0.25, 0.3) is 5.91 Å². The molecule has 1 N–H and O–H groups in total. The van der Waals surface area contributed by atoms with E-state index in [4.69, 9.17) is 21.1 Å². The zero-order chi connectivity index (χ0) is 16.6. The van der Waals surface area contributed by atoms with Gasteiger partial charge in [-0.3, -0.25) is 4.79 Å². The molecule has 1 amide bonds. The van der Waals surface area contributed by atoms with Gasteiger partial charge in [0.15, 0.2) is 11.5 Å². The molecule has 1 heterocycles. The Kier molecular flexibility index (Phi) is 3.81. The Morgan fingerprint density at radius 1 is 1.09 bits per heavy atom. The van der Waals surface area contributed by atoms with Gasteiger partial charge in [0.05, 0.1) is 11.3 Å². The van der Waals surface area contributed by atoms with Gasteiger partial charge in [-0.2, -0.15) is 13.2 Å². The Morgan fingerprint density at radius 2 is 1.83 bits per heavy atom. The van der Waals surface area contributed by atoms with E-state index < -0.39 is 17.6 Å². The Labute approximate surface area is 133 Å². The molecule has 0 saturated heterocycles. The predicted molar refractivity (Wildman–Crippen MR) is 77.0 cm³/mol. The van der Waals surface area contributed by atoms with Crippen LogP contribution in [-0.2, 0) is 6.18 Å². The maximum absolute atomic E-state index is 13.0. The van der Waals surface area contributed by atoms with Crippen LogP contribution in [-0.4, -0.2) is 12.7 Å². The molecular weight excluding hydrogens is 335 g/mol. The molecule has 8 heteroatoms. The number of fused-ring (bicyclic) bond motifs is 1. The van der Waals surface area contributed by atoms with Crippen LogP contribution in [0.5, 0.6) is 11.5 Å². The van der Waals surface area contributed by atoms with Gasteiger partial charge in [-0.1, -0.05) is 11.6 Å². The first kappa shape index (κ1) is 15.5. The molecule has 0 atom stereocenters. The molecule has 1 aliphatic rings. The summed E-state index contributed by atoms with van der Waals surface area (Å²) in [7, 11) is 0. The Morgan fingerprint density at radius 3 is 2.57 bits per heavy atom. The number of rotatable bonds is 2. The largest absolute Gasteiger partial charge is 0.454 e. The molecule has 4 nitrogen and oxygen atoms in total. The average molecular weight is 344 g/mol. The van der Waals surface area contributed by atoms with E-state index in [9.17, 15) is 18.0 Å². The van der Waals surface area contributed by atoms with Crippen molar-refractivity contribution in [3.05, 3.63) is 52.5 Å². The number of carbonyl (C=O) groups excluding carboxylic acids is 1. The van der Waals surface area contributed by atoms with Gasteiger partial charge in [-0.25, -0.2) is 0 Å². The Bertz CT molecular complexity index is 777. The molecule has 0 saturated carbocycles. The second-order valence-electron chi connectivity index (χ2n) is 4.71. The molecule has 0 aliphatic carbocycles. The standard InChI is InChI=1S/C15H9ClF3NO3/c16-9-2-3-11(10(6-9)15(17,18)19)20-14(21)8-1-4-12-13(5-8)23-7-22-12/h1-6H,7H2,(H,20,21). The maximum atomic E-state index is 13.0. The lowest BCUT2D eigenvalue weighted by atomic mass is 10.1. The second-order valence-corrected chi connectivity index (χ2v) is 5.15. The van der Waals surface area contributed by atoms with Gasteiger partial charge in [0, 0.05) is 10.6 Å². The smallest absolute Gasteiger partial charge is 0.418 e. The normalized spacial score (nSPS) is 13.0. The van der Waals surface area contributed by atoms with Crippen molar-refractivity contribution in [3.8, 4) is 11.5 Å². The van der Waals surface area contributed by atoms with Crippen molar-refractivity contribution in [2.24, 2.45) is 0 Å². The van der Waals surface area contributed by atoms with E-state index in [1.807, 2.05) is 0 Å². The number of alkyl halides is 3. The van der Waals surface area contributed by atoms with E-state index in [1.54, 1.807) is 0 Å². The molecule has 1 aliphatic heterocycles. The number of benzene rings is 2. The van der Waals surface area contributed by atoms with Gasteiger partial charge in [-0.05, 0) is 36.4 Å². The molecule has 0 bridgehead atoms. The minimum atomic E-state index is -4.64. The molecule has 3 rings (SSSR count). The lowest BCUT2D eigenvalue weighted by Gasteiger charge is -2.14. The Balaban J connectivity index is 1.89. The molecule has 2 aromatic carbocycles. The molecule has 0 unspecified atom stereocenters. The summed E-state index contributed by atoms with van der Waals surface area (Å²) in [5.41, 5.74) is -1.24. The topological polar surface area (TPSA) is 47.6 Å². The van der Waals surface area contributed by atoms with Gasteiger partial charge in [-0.15, -0.1) is 0 Å². The van der Waals surface area contributed by atoms with E-state index in [1.165, 1.54) is 24.3 Å². The summed E-state index contributed by atoms with van der Waals surface area (Å²) in [6, 6.07) is 7.50. The summed E-state index contributed by atoms with van der Waals surface area (Å²) in [6.45, 7) is 0.0375. The second kappa shape index (κ2) is 5.66. The fraction of sp³-hybridized carbons (Fsp3) is 0.133. The van der Waals surface area contributed by atoms with Gasteiger partial charge >= 0.3 is 6.18 Å². The van der Waals surface area contributed by atoms with Crippen LogP contribution in [0.2, 0.25) is 5.02 Å². The minimum absolute atomic E-state index is 0.0375. The average Bonchev–Trinajstić information content (AvgIpc) is 2.95. The predicted octanol–water partition coefficient (Wildman–Crippen LogP) is 4.34. The third kappa shape index (κ3) is 3.19. The van der Waals surface area contributed by atoms with Crippen LogP contribution in [0.25, 0.3) is 0 Å². The van der Waals surface area contributed by atoms with Crippen LogP contribution in [0.4, 0.5) is 18.9 Å². The molecule has 23 heavy (non-hydrogen) atoms. The highest BCUT2D eigenvalue weighted by Crippen LogP contribution is 2.37. The highest BCUT2D eigenvalue weighted by atomic mass is 35.5. The lowest BCUT2D eigenvalue weighted by molar-refractivity contribution is -0.136. The van der Waals surface area contributed by atoms with Crippen molar-refractivity contribution in [3.63, 3.8) is 0 Å². The summed E-state index contributed by atoms with van der Waals surface area (Å²) >= 11 is 5.60. The number of hydrogen-bond donors (Lipinski definition) is 1. The third-order valence-electron chi connectivity index (χ3n) is 3.17. The van der Waals surface area contributed by atoms with Gasteiger partial charge in [0.2, 0.25) is 6.79 Å². The summed E-state index contributed by atoms with van der Waals surface area (Å²) in [5, 5.41) is 2.17. The molecule has 120 valence electrons. The van der Waals surface area contributed by atoms with Crippen molar-refractivity contribution >= 4 is 23.2 Å². The molecule has 0 fully saturated rings. The van der Waals surface area contributed by atoms with Crippen molar-refractivity contribution in [1.82, 2.24) is 0 Å². The van der Waals surface area contributed by atoms with Gasteiger partial charge < -0.3 is 14.8 Å². The van der Waals surface area contributed by atoms with Crippen LogP contribution in [0, 0.1) is 0 Å². The van der Waals surface area contributed by atoms with Crippen LogP contribution >= 0.6 is 11.6 Å². The maximum Gasteiger partial charge on any atom is 0.418 e. The summed E-state index contributed by atoms with van der Waals surface area (Å²) in [4.78, 5) is 12.2. The first-order valence-corrected chi connectivity index (χ1v) is 6.80. The van der Waals surface area contributed by atoms with E-state index >= 15 is 0 Å². The number of nitrogens with one attached hydrogen (secondary N) is 1. The third-order valence-corrected chi connectivity index (χ3v) is 3.41. The zero-order valence-corrected chi connectivity index (χ0v) is 12.2. The zero-order valence-electron chi connectivity index (χ0n) is 11.4. The lowest BCUT2D eigenvalue weighted by Crippen LogP contribution is -2.16. The van der Waals surface area contributed by atoms with Crippen LogP contribution in [0.1, 0.15) is 15.9 Å². The fourth-order valence-electron chi connectivity index (χ4n) is 2.09. The molecule has 0 radical (unpaired) electrons. The van der Waals surface area contributed by atoms with E-state index in [0.717, 1.165) is 12.1 Å². The van der Waals surface area contributed by atoms with Crippen molar-refractivity contribution in [2.45, 2.75) is 6.18 Å². The molecule has 0 spiro atoms. The number of halogens is 4. The summed E-state index contributed by atoms with van der Waals surface area (Å²) < 4.78 is 49.3. The van der Waals surface area contributed by atoms with Gasteiger partial charge in [0.1, 0.15) is 0 Å². The quantitative estimate of drug-likeness (QED) is 0.882. The number of carbonyl (C=O) groups is 1.